The summed E-state index contributed by atoms with van der Waals surface area (Å²) in [4.78, 5) is 11.5. The molecule has 0 aromatic carbocycles. The molecule has 2 atom stereocenters. The maximum atomic E-state index is 11.5. The molecule has 4 heteroatoms. The van der Waals surface area contributed by atoms with Gasteiger partial charge in [-0.1, -0.05) is 0 Å². The van der Waals surface area contributed by atoms with Crippen molar-refractivity contribution < 1.29 is 4.79 Å². The lowest BCUT2D eigenvalue weighted by atomic mass is 10.2. The number of nitrogens with one attached hydrogen (secondary N) is 2. The van der Waals surface area contributed by atoms with E-state index in [1.165, 1.54) is 6.42 Å². The number of hydrogen-bond acceptors (Lipinski definition) is 3. The average molecular weight is 202 g/mol. The van der Waals surface area contributed by atoms with Crippen LogP contribution in [0.3, 0.4) is 0 Å². The Labute approximate surface area is 84.0 Å². The van der Waals surface area contributed by atoms with Crippen LogP contribution in [-0.2, 0) is 4.79 Å². The number of thioether (sulfide) groups is 1. The van der Waals surface area contributed by atoms with E-state index in [-0.39, 0.29) is 11.2 Å². The van der Waals surface area contributed by atoms with E-state index in [0.29, 0.717) is 6.04 Å². The van der Waals surface area contributed by atoms with Crippen molar-refractivity contribution in [2.75, 3.05) is 19.3 Å². The fourth-order valence-electron chi connectivity index (χ4n) is 1.25. The quantitative estimate of drug-likeness (QED) is 0.701. The summed E-state index contributed by atoms with van der Waals surface area (Å²) in [5.74, 6) is 1.35. The lowest BCUT2D eigenvalue weighted by molar-refractivity contribution is -0.120. The fraction of sp³-hybridized carbons (Fsp3) is 0.889. The molecule has 0 aliphatic carbocycles. The van der Waals surface area contributed by atoms with Crippen LogP contribution in [0.5, 0.6) is 0 Å². The first-order chi connectivity index (χ1) is 6.24. The van der Waals surface area contributed by atoms with Gasteiger partial charge in [0, 0.05) is 12.6 Å². The largest absolute Gasteiger partial charge is 0.354 e. The van der Waals surface area contributed by atoms with Gasteiger partial charge < -0.3 is 10.6 Å². The molecule has 0 unspecified atom stereocenters. The molecular weight excluding hydrogens is 184 g/mol. The molecule has 0 aromatic rings. The minimum Gasteiger partial charge on any atom is -0.354 e. The molecule has 2 N–H and O–H groups in total. The second-order valence-electron chi connectivity index (χ2n) is 3.44. The Bertz CT molecular complexity index is 169. The van der Waals surface area contributed by atoms with Gasteiger partial charge in [0.25, 0.3) is 0 Å². The summed E-state index contributed by atoms with van der Waals surface area (Å²) in [7, 11) is 1.90. The zero-order valence-corrected chi connectivity index (χ0v) is 9.12. The number of hydrogen-bond donors (Lipinski definition) is 2. The number of likely N-dealkylation sites (N-methyl/N-ethyl adjacent to an activating group) is 1. The van der Waals surface area contributed by atoms with Crippen LogP contribution >= 0.6 is 11.8 Å². The predicted molar refractivity (Wildman–Crippen MR) is 57.0 cm³/mol. The maximum Gasteiger partial charge on any atom is 0.233 e. The third kappa shape index (κ3) is 3.56. The monoisotopic (exact) mass is 202 g/mol. The van der Waals surface area contributed by atoms with Crippen LogP contribution in [-0.4, -0.2) is 36.5 Å². The van der Waals surface area contributed by atoms with Gasteiger partial charge >= 0.3 is 0 Å². The zero-order valence-electron chi connectivity index (χ0n) is 8.30. The predicted octanol–water partition coefficient (Wildman–Crippen LogP) is 0.606. The molecule has 0 bridgehead atoms. The molecule has 0 saturated carbocycles. The van der Waals surface area contributed by atoms with Gasteiger partial charge in [-0.2, -0.15) is 0 Å². The second-order valence-corrected chi connectivity index (χ2v) is 4.75. The van der Waals surface area contributed by atoms with Gasteiger partial charge in [0.2, 0.25) is 5.91 Å². The van der Waals surface area contributed by atoms with Gasteiger partial charge in [0.15, 0.2) is 0 Å². The summed E-state index contributed by atoms with van der Waals surface area (Å²) < 4.78 is 0. The molecular formula is C9H18N2OS. The molecule has 0 aromatic heterocycles. The Morgan fingerprint density at radius 1 is 1.69 bits per heavy atom. The lowest BCUT2D eigenvalue weighted by Crippen LogP contribution is -2.40. The summed E-state index contributed by atoms with van der Waals surface area (Å²) >= 11 is 1.78. The van der Waals surface area contributed by atoms with Gasteiger partial charge in [-0.25, -0.2) is 0 Å². The van der Waals surface area contributed by atoms with E-state index in [2.05, 4.69) is 17.6 Å². The van der Waals surface area contributed by atoms with Gasteiger partial charge in [0.05, 0.1) is 5.25 Å². The van der Waals surface area contributed by atoms with E-state index in [9.17, 15) is 4.79 Å². The Morgan fingerprint density at radius 2 is 2.46 bits per heavy atom. The zero-order chi connectivity index (χ0) is 9.68. The molecule has 3 nitrogen and oxygen atoms in total. The first-order valence-corrected chi connectivity index (χ1v) is 5.85. The van der Waals surface area contributed by atoms with E-state index in [1.54, 1.807) is 11.8 Å². The molecule has 1 saturated heterocycles. The standard InChI is InChI=1S/C9H18N2OS/c1-7(10-2)6-11-9(12)8-4-3-5-13-8/h7-8,10H,3-6H2,1-2H3,(H,11,12)/t7-,8+/m0/s1. The second kappa shape index (κ2) is 5.50. The summed E-state index contributed by atoms with van der Waals surface area (Å²) in [6, 6.07) is 0.357. The number of rotatable bonds is 4. The van der Waals surface area contributed by atoms with Gasteiger partial charge in [-0.15, -0.1) is 11.8 Å². The number of carbonyl (C=O) groups is 1. The summed E-state index contributed by atoms with van der Waals surface area (Å²) in [5, 5.41) is 6.25. The van der Waals surface area contributed by atoms with E-state index >= 15 is 0 Å². The smallest absolute Gasteiger partial charge is 0.233 e. The third-order valence-corrected chi connectivity index (χ3v) is 3.67. The van der Waals surface area contributed by atoms with Gasteiger partial charge in [-0.3, -0.25) is 4.79 Å². The van der Waals surface area contributed by atoms with Crippen molar-refractivity contribution in [3.8, 4) is 0 Å². The number of carbonyl (C=O) groups excluding carboxylic acids is 1. The van der Waals surface area contributed by atoms with Gasteiger partial charge in [-0.05, 0) is 32.6 Å². The SMILES string of the molecule is CN[C@@H](C)CNC(=O)[C@H]1CCCS1. The van der Waals surface area contributed by atoms with E-state index in [1.807, 2.05) is 7.05 Å². The lowest BCUT2D eigenvalue weighted by Gasteiger charge is -2.13. The Hall–Kier alpha value is -0.220. The van der Waals surface area contributed by atoms with Crippen molar-refractivity contribution in [2.24, 2.45) is 0 Å². The molecule has 0 radical (unpaired) electrons. The van der Waals surface area contributed by atoms with Crippen LogP contribution in [0.2, 0.25) is 0 Å². The van der Waals surface area contributed by atoms with Gasteiger partial charge in [0.1, 0.15) is 0 Å². The molecule has 1 fully saturated rings. The van der Waals surface area contributed by atoms with Crippen LogP contribution < -0.4 is 10.6 Å². The van der Waals surface area contributed by atoms with Crippen LogP contribution in [0.4, 0.5) is 0 Å². The Kier molecular flexibility index (Phi) is 4.59. The van der Waals surface area contributed by atoms with E-state index in [0.717, 1.165) is 18.7 Å². The van der Waals surface area contributed by atoms with Crippen molar-refractivity contribution in [3.05, 3.63) is 0 Å². The Morgan fingerprint density at radius 3 is 3.00 bits per heavy atom. The van der Waals surface area contributed by atoms with Crippen molar-refractivity contribution in [1.82, 2.24) is 10.6 Å². The molecule has 1 aliphatic heterocycles. The highest BCUT2D eigenvalue weighted by molar-refractivity contribution is 8.00. The molecule has 1 amide bonds. The minimum atomic E-state index is 0.212. The number of amides is 1. The highest BCUT2D eigenvalue weighted by atomic mass is 32.2. The third-order valence-electron chi connectivity index (χ3n) is 2.30. The maximum absolute atomic E-state index is 11.5. The molecule has 1 heterocycles. The first kappa shape index (κ1) is 10.9. The van der Waals surface area contributed by atoms with Crippen molar-refractivity contribution in [1.29, 1.82) is 0 Å². The fourth-order valence-corrected chi connectivity index (χ4v) is 2.44. The minimum absolute atomic E-state index is 0.212. The topological polar surface area (TPSA) is 41.1 Å². The van der Waals surface area contributed by atoms with E-state index < -0.39 is 0 Å². The van der Waals surface area contributed by atoms with E-state index in [4.69, 9.17) is 0 Å². The highest BCUT2D eigenvalue weighted by Gasteiger charge is 2.22. The molecule has 1 rings (SSSR count). The van der Waals surface area contributed by atoms with Crippen LogP contribution in [0.25, 0.3) is 0 Å². The summed E-state index contributed by atoms with van der Waals surface area (Å²) in [5.41, 5.74) is 0. The Balaban J connectivity index is 2.16. The highest BCUT2D eigenvalue weighted by Crippen LogP contribution is 2.25. The van der Waals surface area contributed by atoms with Crippen LogP contribution in [0.15, 0.2) is 0 Å². The molecule has 13 heavy (non-hydrogen) atoms. The molecule has 0 spiro atoms. The van der Waals surface area contributed by atoms with Crippen molar-refractivity contribution >= 4 is 17.7 Å². The van der Waals surface area contributed by atoms with Crippen LogP contribution in [0, 0.1) is 0 Å². The molecule has 1 aliphatic rings. The van der Waals surface area contributed by atoms with Crippen molar-refractivity contribution in [3.63, 3.8) is 0 Å². The molecule has 76 valence electrons. The summed E-state index contributed by atoms with van der Waals surface area (Å²) in [6.45, 7) is 2.79. The average Bonchev–Trinajstić information content (AvgIpc) is 2.66. The normalized spacial score (nSPS) is 24.3. The summed E-state index contributed by atoms with van der Waals surface area (Å²) in [6.07, 6.45) is 2.23. The van der Waals surface area contributed by atoms with Crippen molar-refractivity contribution in [2.45, 2.75) is 31.1 Å². The van der Waals surface area contributed by atoms with Crippen LogP contribution in [0.1, 0.15) is 19.8 Å². The first-order valence-electron chi connectivity index (χ1n) is 4.80.